The minimum absolute atomic E-state index is 0.409. The zero-order valence-electron chi connectivity index (χ0n) is 13.6. The molecule has 0 atom stereocenters. The van der Waals surface area contributed by atoms with E-state index in [1.807, 2.05) is 18.2 Å². The number of benzene rings is 2. The predicted octanol–water partition coefficient (Wildman–Crippen LogP) is 7.37. The van der Waals surface area contributed by atoms with E-state index in [4.69, 9.17) is 34.8 Å². The van der Waals surface area contributed by atoms with Crippen LogP contribution in [-0.4, -0.2) is 9.97 Å². The maximum absolute atomic E-state index is 6.32. The molecular weight excluding hydrogens is 409 g/mol. The summed E-state index contributed by atoms with van der Waals surface area (Å²) >= 11 is 20.1. The van der Waals surface area contributed by atoms with Gasteiger partial charge in [0.1, 0.15) is 17.0 Å². The minimum Gasteiger partial charge on any atom is -0.338 e. The van der Waals surface area contributed by atoms with Gasteiger partial charge in [0.25, 0.3) is 0 Å². The molecule has 4 aromatic rings. The highest BCUT2D eigenvalue weighted by Crippen LogP contribution is 2.42. The number of fused-ring (bicyclic) bond motifs is 1. The van der Waals surface area contributed by atoms with Crippen LogP contribution in [0, 0.1) is 6.92 Å². The van der Waals surface area contributed by atoms with Crippen LogP contribution in [0.15, 0.2) is 48.8 Å². The van der Waals surface area contributed by atoms with Crippen molar-refractivity contribution in [3.63, 3.8) is 0 Å². The Morgan fingerprint density at radius 3 is 2.42 bits per heavy atom. The van der Waals surface area contributed by atoms with Gasteiger partial charge in [-0.3, -0.25) is 0 Å². The molecule has 0 fully saturated rings. The maximum atomic E-state index is 6.32. The van der Waals surface area contributed by atoms with Crippen LogP contribution in [0.4, 0.5) is 11.5 Å². The zero-order chi connectivity index (χ0) is 18.3. The molecule has 0 radical (unpaired) electrons. The summed E-state index contributed by atoms with van der Waals surface area (Å²) < 4.78 is 0. The summed E-state index contributed by atoms with van der Waals surface area (Å²) in [5.41, 5.74) is 2.88. The van der Waals surface area contributed by atoms with E-state index in [0.29, 0.717) is 26.6 Å². The third kappa shape index (κ3) is 3.14. The second-order valence-electron chi connectivity index (χ2n) is 5.67. The Kier molecular flexibility index (Phi) is 4.76. The number of nitrogens with zero attached hydrogens (tertiary/aromatic N) is 2. The van der Waals surface area contributed by atoms with E-state index >= 15 is 0 Å². The average Bonchev–Trinajstić information content (AvgIpc) is 2.97. The van der Waals surface area contributed by atoms with Crippen molar-refractivity contribution in [3.8, 4) is 11.1 Å². The normalized spacial score (nSPS) is 11.1. The van der Waals surface area contributed by atoms with Gasteiger partial charge in [0.15, 0.2) is 0 Å². The van der Waals surface area contributed by atoms with Crippen LogP contribution in [0.2, 0.25) is 15.1 Å². The first-order chi connectivity index (χ1) is 12.5. The average molecular weight is 421 g/mol. The second-order valence-corrected chi connectivity index (χ2v) is 8.10. The molecule has 26 heavy (non-hydrogen) atoms. The minimum atomic E-state index is 0.409. The van der Waals surface area contributed by atoms with Crippen LogP contribution in [0.3, 0.4) is 0 Å². The Hall–Kier alpha value is -1.85. The molecule has 0 saturated carbocycles. The van der Waals surface area contributed by atoms with E-state index < -0.39 is 0 Å². The lowest BCUT2D eigenvalue weighted by atomic mass is 10.0. The second kappa shape index (κ2) is 7.05. The number of nitrogens with one attached hydrogen (secondary N) is 1. The van der Waals surface area contributed by atoms with Crippen molar-refractivity contribution in [2.75, 3.05) is 5.32 Å². The molecule has 0 saturated heterocycles. The highest BCUT2D eigenvalue weighted by Gasteiger charge is 2.17. The van der Waals surface area contributed by atoms with Crippen molar-refractivity contribution in [1.82, 2.24) is 9.97 Å². The maximum Gasteiger partial charge on any atom is 0.143 e. The van der Waals surface area contributed by atoms with Gasteiger partial charge in [-0.2, -0.15) is 0 Å². The van der Waals surface area contributed by atoms with Crippen LogP contribution >= 0.6 is 46.1 Å². The number of hydrogen-bond acceptors (Lipinski definition) is 4. The lowest BCUT2D eigenvalue weighted by molar-refractivity contribution is 1.23. The summed E-state index contributed by atoms with van der Waals surface area (Å²) in [4.78, 5) is 11.0. The first-order valence-electron chi connectivity index (χ1n) is 7.75. The molecule has 0 unspecified atom stereocenters. The van der Waals surface area contributed by atoms with Crippen molar-refractivity contribution in [1.29, 1.82) is 0 Å². The van der Waals surface area contributed by atoms with Crippen molar-refractivity contribution >= 4 is 67.9 Å². The van der Waals surface area contributed by atoms with Gasteiger partial charge in [-0.05, 0) is 24.6 Å². The van der Waals surface area contributed by atoms with Crippen molar-refractivity contribution in [2.45, 2.75) is 6.92 Å². The van der Waals surface area contributed by atoms with Crippen LogP contribution in [0.5, 0.6) is 0 Å². The van der Waals surface area contributed by atoms with Crippen LogP contribution < -0.4 is 5.32 Å². The summed E-state index contributed by atoms with van der Waals surface area (Å²) in [6.45, 7) is 2.09. The van der Waals surface area contributed by atoms with Crippen LogP contribution in [0.25, 0.3) is 21.3 Å². The predicted molar refractivity (Wildman–Crippen MR) is 112 cm³/mol. The molecule has 0 aliphatic rings. The molecule has 4 rings (SSSR count). The first-order valence-corrected chi connectivity index (χ1v) is 9.70. The number of anilines is 2. The van der Waals surface area contributed by atoms with Gasteiger partial charge in [-0.15, -0.1) is 11.3 Å². The van der Waals surface area contributed by atoms with Gasteiger partial charge in [-0.25, -0.2) is 9.97 Å². The number of aryl methyl sites for hydroxylation is 1. The number of aromatic nitrogens is 2. The molecule has 2 aromatic heterocycles. The van der Waals surface area contributed by atoms with E-state index in [2.05, 4.69) is 34.3 Å². The number of halogens is 3. The molecule has 0 amide bonds. The molecule has 0 bridgehead atoms. The Morgan fingerprint density at radius 1 is 0.923 bits per heavy atom. The zero-order valence-corrected chi connectivity index (χ0v) is 16.6. The topological polar surface area (TPSA) is 37.8 Å². The summed E-state index contributed by atoms with van der Waals surface area (Å²) in [6.07, 6.45) is 1.54. The fourth-order valence-electron chi connectivity index (χ4n) is 2.84. The van der Waals surface area contributed by atoms with Gasteiger partial charge < -0.3 is 5.32 Å². The molecule has 3 nitrogen and oxygen atoms in total. The van der Waals surface area contributed by atoms with E-state index in [1.54, 1.807) is 29.8 Å². The highest BCUT2D eigenvalue weighted by atomic mass is 35.5. The largest absolute Gasteiger partial charge is 0.338 e. The molecule has 130 valence electrons. The van der Waals surface area contributed by atoms with Crippen LogP contribution in [-0.2, 0) is 0 Å². The Labute approximate surface area is 169 Å². The molecular formula is C19H12Cl3N3S. The van der Waals surface area contributed by atoms with Gasteiger partial charge >= 0.3 is 0 Å². The van der Waals surface area contributed by atoms with E-state index in [-0.39, 0.29) is 0 Å². The summed E-state index contributed by atoms with van der Waals surface area (Å²) in [6, 6.07) is 13.5. The number of rotatable bonds is 3. The SMILES string of the molecule is Cc1sc2ncnc(Nc3cc(Cl)c(Cl)cc3Cl)c2c1-c1ccccc1. The molecule has 7 heteroatoms. The summed E-state index contributed by atoms with van der Waals surface area (Å²) in [5, 5.41) is 5.55. The quantitative estimate of drug-likeness (QED) is 0.351. The molecule has 0 aliphatic carbocycles. The van der Waals surface area contributed by atoms with Gasteiger partial charge in [-0.1, -0.05) is 65.1 Å². The lowest BCUT2D eigenvalue weighted by Crippen LogP contribution is -1.96. The molecule has 2 aromatic carbocycles. The first kappa shape index (κ1) is 17.6. The van der Waals surface area contributed by atoms with Crippen LogP contribution in [0.1, 0.15) is 4.88 Å². The third-order valence-electron chi connectivity index (χ3n) is 3.99. The van der Waals surface area contributed by atoms with Gasteiger partial charge in [0.2, 0.25) is 0 Å². The van der Waals surface area contributed by atoms with Crippen molar-refractivity contribution in [3.05, 3.63) is 68.7 Å². The van der Waals surface area contributed by atoms with Crippen molar-refractivity contribution < 1.29 is 0 Å². The fraction of sp³-hybridized carbons (Fsp3) is 0.0526. The van der Waals surface area contributed by atoms with E-state index in [9.17, 15) is 0 Å². The Balaban J connectivity index is 1.90. The highest BCUT2D eigenvalue weighted by molar-refractivity contribution is 7.19. The molecule has 1 N–H and O–H groups in total. The van der Waals surface area contributed by atoms with Gasteiger partial charge in [0, 0.05) is 10.4 Å². The number of hydrogen-bond donors (Lipinski definition) is 1. The summed E-state index contributed by atoms with van der Waals surface area (Å²) in [7, 11) is 0. The monoisotopic (exact) mass is 419 g/mol. The number of thiophene rings is 1. The summed E-state index contributed by atoms with van der Waals surface area (Å²) in [5.74, 6) is 0.679. The molecule has 0 aliphatic heterocycles. The Morgan fingerprint density at radius 2 is 1.65 bits per heavy atom. The van der Waals surface area contributed by atoms with E-state index in [1.165, 1.54) is 4.88 Å². The standard InChI is InChI=1S/C19H12Cl3N3S/c1-10-16(11-5-3-2-4-6-11)17-18(23-9-24-19(17)26-10)25-15-8-13(21)12(20)7-14(15)22/h2-9H,1H3,(H,23,24,25). The lowest BCUT2D eigenvalue weighted by Gasteiger charge is -2.11. The fourth-order valence-corrected chi connectivity index (χ4v) is 4.44. The Bertz CT molecular complexity index is 1110. The van der Waals surface area contributed by atoms with Crippen molar-refractivity contribution in [2.24, 2.45) is 0 Å². The smallest absolute Gasteiger partial charge is 0.143 e. The third-order valence-corrected chi connectivity index (χ3v) is 6.04. The van der Waals surface area contributed by atoms with E-state index in [0.717, 1.165) is 21.3 Å². The molecule has 2 heterocycles. The molecule has 0 spiro atoms. The van der Waals surface area contributed by atoms with Gasteiger partial charge in [0.05, 0.1) is 26.1 Å².